The summed E-state index contributed by atoms with van der Waals surface area (Å²) in [5, 5.41) is 8.58. The van der Waals surface area contributed by atoms with Crippen molar-refractivity contribution in [3.8, 4) is 10.6 Å². The van der Waals surface area contributed by atoms with Crippen LogP contribution in [0.15, 0.2) is 53.4 Å². The lowest BCUT2D eigenvalue weighted by molar-refractivity contribution is 0.102. The van der Waals surface area contributed by atoms with Gasteiger partial charge in [0, 0.05) is 40.2 Å². The first kappa shape index (κ1) is 29.8. The standard InChI is InChI=1S/C31H38N4O3S3/c1-7-9-18-35(8-2)41(37,38)21-16-14-20(15-17-21)27(36)33-29-25(28-32-23-12-10-11-13-24(23)39-28)22-19-30(3,4)34-31(5,6)26(22)40-29/h10-17,34H,7-9,18-19H2,1-6H3,(H,33,36). The number of unbranched alkanes of at least 4 members (excludes halogenated alkanes) is 1. The van der Waals surface area contributed by atoms with Gasteiger partial charge < -0.3 is 10.6 Å². The van der Waals surface area contributed by atoms with Crippen LogP contribution in [0.4, 0.5) is 5.00 Å². The molecular formula is C31H38N4O3S3. The number of carbonyl (C=O) groups is 1. The summed E-state index contributed by atoms with van der Waals surface area (Å²) in [4.78, 5) is 19.9. The lowest BCUT2D eigenvalue weighted by Gasteiger charge is -2.42. The first-order valence-corrected chi connectivity index (χ1v) is 17.2. The number of anilines is 1. The Labute approximate surface area is 251 Å². The van der Waals surface area contributed by atoms with Crippen LogP contribution >= 0.6 is 22.7 Å². The van der Waals surface area contributed by atoms with Gasteiger partial charge in [0.2, 0.25) is 10.0 Å². The Kier molecular flexibility index (Phi) is 8.17. The molecule has 4 aromatic rings. The van der Waals surface area contributed by atoms with E-state index < -0.39 is 10.0 Å². The molecule has 0 atom stereocenters. The highest BCUT2D eigenvalue weighted by Crippen LogP contribution is 2.50. The van der Waals surface area contributed by atoms with E-state index in [-0.39, 0.29) is 21.9 Å². The monoisotopic (exact) mass is 610 g/mol. The van der Waals surface area contributed by atoms with Gasteiger partial charge in [-0.05, 0) is 82.5 Å². The minimum atomic E-state index is -3.62. The van der Waals surface area contributed by atoms with E-state index in [1.807, 2.05) is 32.0 Å². The molecule has 0 aliphatic carbocycles. The van der Waals surface area contributed by atoms with Crippen LogP contribution in [0.3, 0.4) is 0 Å². The zero-order chi connectivity index (χ0) is 29.6. The number of hydrogen-bond donors (Lipinski definition) is 2. The van der Waals surface area contributed by atoms with Crippen LogP contribution in [0.5, 0.6) is 0 Å². The van der Waals surface area contributed by atoms with Crippen molar-refractivity contribution in [2.24, 2.45) is 0 Å². The van der Waals surface area contributed by atoms with Gasteiger partial charge in [0.15, 0.2) is 0 Å². The number of rotatable bonds is 9. The third-order valence-corrected chi connectivity index (χ3v) is 12.0. The van der Waals surface area contributed by atoms with Gasteiger partial charge >= 0.3 is 0 Å². The van der Waals surface area contributed by atoms with Crippen molar-refractivity contribution in [1.29, 1.82) is 0 Å². The first-order chi connectivity index (χ1) is 19.4. The number of hydrogen-bond acceptors (Lipinski definition) is 7. The summed E-state index contributed by atoms with van der Waals surface area (Å²) in [6.07, 6.45) is 2.53. The average Bonchev–Trinajstić information content (AvgIpc) is 3.49. The largest absolute Gasteiger partial charge is 0.313 e. The van der Waals surface area contributed by atoms with Gasteiger partial charge in [0.25, 0.3) is 5.91 Å². The third kappa shape index (κ3) is 5.85. The molecule has 0 radical (unpaired) electrons. The Bertz CT molecular complexity index is 1650. The predicted octanol–water partition coefficient (Wildman–Crippen LogP) is 7.25. The van der Waals surface area contributed by atoms with Gasteiger partial charge in [-0.3, -0.25) is 4.79 Å². The molecule has 3 heterocycles. The fourth-order valence-electron chi connectivity index (χ4n) is 5.71. The highest BCUT2D eigenvalue weighted by atomic mass is 32.2. The number of sulfonamides is 1. The fraction of sp³-hybridized carbons (Fsp3) is 0.419. The molecule has 7 nitrogen and oxygen atoms in total. The minimum absolute atomic E-state index is 0.130. The summed E-state index contributed by atoms with van der Waals surface area (Å²) in [7, 11) is -3.62. The number of para-hydroxylation sites is 1. The quantitative estimate of drug-likeness (QED) is 0.208. The second-order valence-electron chi connectivity index (χ2n) is 11.7. The molecule has 218 valence electrons. The maximum Gasteiger partial charge on any atom is 0.256 e. The molecule has 0 fully saturated rings. The predicted molar refractivity (Wildman–Crippen MR) is 171 cm³/mol. The molecule has 0 unspecified atom stereocenters. The maximum atomic E-state index is 13.6. The molecule has 2 N–H and O–H groups in total. The maximum absolute atomic E-state index is 13.6. The van der Waals surface area contributed by atoms with Gasteiger partial charge in [-0.15, -0.1) is 22.7 Å². The Balaban J connectivity index is 1.51. The van der Waals surface area contributed by atoms with Crippen LogP contribution in [0.1, 0.15) is 75.2 Å². The molecule has 0 saturated carbocycles. The number of nitrogens with one attached hydrogen (secondary N) is 2. The van der Waals surface area contributed by atoms with E-state index in [1.54, 1.807) is 34.8 Å². The zero-order valence-corrected chi connectivity index (χ0v) is 26.9. The number of fused-ring (bicyclic) bond motifs is 2. The Morgan fingerprint density at radius 3 is 2.41 bits per heavy atom. The number of benzene rings is 2. The molecule has 1 aliphatic rings. The third-order valence-electron chi connectivity index (χ3n) is 7.45. The van der Waals surface area contributed by atoms with Gasteiger partial charge in [-0.1, -0.05) is 32.4 Å². The molecule has 41 heavy (non-hydrogen) atoms. The van der Waals surface area contributed by atoms with Crippen LogP contribution < -0.4 is 10.6 Å². The van der Waals surface area contributed by atoms with Crippen LogP contribution in [0.2, 0.25) is 0 Å². The molecule has 0 bridgehead atoms. The van der Waals surface area contributed by atoms with E-state index in [9.17, 15) is 13.2 Å². The summed E-state index contributed by atoms with van der Waals surface area (Å²) in [5.41, 5.74) is 3.13. The van der Waals surface area contributed by atoms with Crippen molar-refractivity contribution in [1.82, 2.24) is 14.6 Å². The molecule has 1 amide bonds. The molecular weight excluding hydrogens is 573 g/mol. The van der Waals surface area contributed by atoms with Gasteiger partial charge in [0.1, 0.15) is 10.0 Å². The van der Waals surface area contributed by atoms with E-state index in [0.717, 1.165) is 45.1 Å². The van der Waals surface area contributed by atoms with Gasteiger partial charge in [0.05, 0.1) is 15.1 Å². The van der Waals surface area contributed by atoms with Crippen LogP contribution in [0, 0.1) is 0 Å². The van der Waals surface area contributed by atoms with Crippen LogP contribution in [-0.4, -0.2) is 42.2 Å². The molecule has 5 rings (SSSR count). The number of aromatic nitrogens is 1. The molecule has 2 aromatic carbocycles. The average molecular weight is 611 g/mol. The lowest BCUT2D eigenvalue weighted by Crippen LogP contribution is -2.54. The number of thiazole rings is 1. The van der Waals surface area contributed by atoms with Gasteiger partial charge in [-0.25, -0.2) is 13.4 Å². The Hall–Kier alpha value is -2.63. The number of carbonyl (C=O) groups excluding carboxylic acids is 1. The van der Waals surface area contributed by atoms with Crippen molar-refractivity contribution < 1.29 is 13.2 Å². The normalized spacial score (nSPS) is 16.2. The van der Waals surface area contributed by atoms with Crippen molar-refractivity contribution >= 4 is 53.8 Å². The summed E-state index contributed by atoms with van der Waals surface area (Å²) in [6, 6.07) is 14.3. The summed E-state index contributed by atoms with van der Waals surface area (Å²) in [5.74, 6) is -0.279. The SMILES string of the molecule is CCCCN(CC)S(=O)(=O)c1ccc(C(=O)Nc2sc3c(c2-c2nc4ccccc4s2)CC(C)(C)NC3(C)C)cc1. The molecule has 0 saturated heterocycles. The number of amides is 1. The smallest absolute Gasteiger partial charge is 0.256 e. The van der Waals surface area contributed by atoms with Crippen molar-refractivity contribution in [3.05, 3.63) is 64.5 Å². The topological polar surface area (TPSA) is 91.4 Å². The molecule has 2 aromatic heterocycles. The zero-order valence-electron chi connectivity index (χ0n) is 24.5. The first-order valence-electron chi connectivity index (χ1n) is 14.1. The lowest BCUT2D eigenvalue weighted by atomic mass is 9.81. The second-order valence-corrected chi connectivity index (χ2v) is 15.7. The molecule has 0 spiro atoms. The molecule has 1 aliphatic heterocycles. The minimum Gasteiger partial charge on any atom is -0.313 e. The number of nitrogens with zero attached hydrogens (tertiary/aromatic N) is 2. The van der Waals surface area contributed by atoms with Crippen LogP contribution in [0.25, 0.3) is 20.8 Å². The number of thiophene rings is 1. The van der Waals surface area contributed by atoms with E-state index in [2.05, 4.69) is 44.4 Å². The van der Waals surface area contributed by atoms with Crippen molar-refractivity contribution in [2.45, 2.75) is 76.8 Å². The molecule has 10 heteroatoms. The highest BCUT2D eigenvalue weighted by Gasteiger charge is 2.41. The fourth-order valence-corrected chi connectivity index (χ4v) is 9.58. The van der Waals surface area contributed by atoms with Gasteiger partial charge in [-0.2, -0.15) is 4.31 Å². The summed E-state index contributed by atoms with van der Waals surface area (Å²) < 4.78 is 28.9. The Morgan fingerprint density at radius 2 is 1.76 bits per heavy atom. The van der Waals surface area contributed by atoms with E-state index in [0.29, 0.717) is 18.7 Å². The van der Waals surface area contributed by atoms with E-state index >= 15 is 0 Å². The van der Waals surface area contributed by atoms with Crippen LogP contribution in [-0.2, 0) is 22.0 Å². The second kappa shape index (κ2) is 11.2. The highest BCUT2D eigenvalue weighted by molar-refractivity contribution is 7.89. The van der Waals surface area contributed by atoms with E-state index in [4.69, 9.17) is 4.98 Å². The van der Waals surface area contributed by atoms with Crippen molar-refractivity contribution in [2.75, 3.05) is 18.4 Å². The Morgan fingerprint density at radius 1 is 1.05 bits per heavy atom. The van der Waals surface area contributed by atoms with E-state index in [1.165, 1.54) is 26.9 Å². The van der Waals surface area contributed by atoms with Crippen molar-refractivity contribution in [3.63, 3.8) is 0 Å². The summed E-state index contributed by atoms with van der Waals surface area (Å²) >= 11 is 3.22. The summed E-state index contributed by atoms with van der Waals surface area (Å²) in [6.45, 7) is 13.5.